The van der Waals surface area contributed by atoms with E-state index in [-0.39, 0.29) is 32.8 Å². The van der Waals surface area contributed by atoms with Crippen molar-refractivity contribution in [3.05, 3.63) is 143 Å². The monoisotopic (exact) mass is 680 g/mol. The molecule has 0 spiro atoms. The number of rotatable bonds is 4. The highest BCUT2D eigenvalue weighted by Crippen LogP contribution is 2.49. The van der Waals surface area contributed by atoms with Crippen LogP contribution in [0.15, 0.2) is 146 Å². The molecule has 0 unspecified atom stereocenters. The van der Waals surface area contributed by atoms with Gasteiger partial charge in [0.2, 0.25) is 0 Å². The van der Waals surface area contributed by atoms with Crippen molar-refractivity contribution in [1.29, 1.82) is 0 Å². The summed E-state index contributed by atoms with van der Waals surface area (Å²) >= 11 is 0. The summed E-state index contributed by atoms with van der Waals surface area (Å²) in [6.45, 7) is 0. The second-order valence-corrected chi connectivity index (χ2v) is 14.1. The number of benzene rings is 7. The predicted molar refractivity (Wildman–Crippen MR) is 236 cm³/mol. The summed E-state index contributed by atoms with van der Waals surface area (Å²) in [5.74, 6) is 0.125. The lowest BCUT2D eigenvalue weighted by Crippen LogP contribution is -2.48. The molecule has 0 saturated carbocycles. The third-order valence-corrected chi connectivity index (χ3v) is 11.2. The molecule has 10 rings (SSSR count). The van der Waals surface area contributed by atoms with Gasteiger partial charge in [0.25, 0.3) is 0 Å². The van der Waals surface area contributed by atoms with Gasteiger partial charge in [0.05, 0.1) is 0 Å². The molecule has 0 bridgehead atoms. The fourth-order valence-corrected chi connectivity index (χ4v) is 8.49. The Bertz CT molecular complexity index is 3170. The third-order valence-electron chi connectivity index (χ3n) is 11.2. The van der Waals surface area contributed by atoms with Crippen LogP contribution in [0.1, 0.15) is 11.5 Å². The second kappa shape index (κ2) is 12.5. The van der Waals surface area contributed by atoms with E-state index in [9.17, 15) is 0 Å². The van der Waals surface area contributed by atoms with Crippen LogP contribution in [0, 0.1) is 0 Å². The van der Waals surface area contributed by atoms with Gasteiger partial charge in [-0.05, 0) is 68.1 Å². The first-order valence-corrected chi connectivity index (χ1v) is 17.8. The zero-order valence-electron chi connectivity index (χ0n) is 29.5. The van der Waals surface area contributed by atoms with Crippen LogP contribution in [-0.2, 0) is 0 Å². The van der Waals surface area contributed by atoms with Crippen molar-refractivity contribution in [3.8, 4) is 33.6 Å². The minimum Gasteiger partial charge on any atom is -0.456 e. The van der Waals surface area contributed by atoms with Gasteiger partial charge in [0.15, 0.2) is 0 Å². The molecule has 10 heteroatoms. The third kappa shape index (κ3) is 4.86. The number of para-hydroxylation sites is 1. The molecular weight excluding hydrogens is 659 g/mol. The zero-order chi connectivity index (χ0) is 37.9. The van der Waals surface area contributed by atoms with E-state index in [0.717, 1.165) is 71.7 Å². The average Bonchev–Trinajstić information content (AvgIpc) is 3.88. The molecule has 0 atom stereocenters. The molecule has 1 aliphatic rings. The normalized spacial score (nSPS) is 13.8. The standard InChI is InChI=1S/C45H20B8O2/c46-37-34-32(24-10-4-5-11-25(24)33(35(34)38(47)42(51)41(37)50)36-39(48)43(52)44(53)40(36)49)26-13-7-15-29-31(26)27-14-6-12-23(45(27)55-29)21-16-17-28-22(18-21)19-30(54-28)20-8-2-1-3-9-20/h1-19,36H. The molecule has 55 heavy (non-hydrogen) atoms. The van der Waals surface area contributed by atoms with Crippen molar-refractivity contribution in [1.82, 2.24) is 0 Å². The van der Waals surface area contributed by atoms with Crippen molar-refractivity contribution in [2.45, 2.75) is 5.92 Å². The summed E-state index contributed by atoms with van der Waals surface area (Å²) in [5.41, 5.74) is 9.54. The first-order chi connectivity index (χ1) is 26.6. The molecule has 2 heterocycles. The Labute approximate surface area is 328 Å². The lowest BCUT2D eigenvalue weighted by atomic mass is 9.60. The number of furan rings is 2. The van der Waals surface area contributed by atoms with Crippen LogP contribution in [0.4, 0.5) is 0 Å². The van der Waals surface area contributed by atoms with Crippen molar-refractivity contribution >= 4 is 139 Å². The fraction of sp³-hybridized carbons (Fsp3) is 0.0222. The summed E-state index contributed by atoms with van der Waals surface area (Å²) in [5, 5.41) is 5.69. The van der Waals surface area contributed by atoms with Gasteiger partial charge in [-0.3, -0.25) is 0 Å². The molecule has 2 nitrogen and oxygen atoms in total. The van der Waals surface area contributed by atoms with Gasteiger partial charge < -0.3 is 8.83 Å². The molecule has 236 valence electrons. The Morgan fingerprint density at radius 1 is 0.436 bits per heavy atom. The van der Waals surface area contributed by atoms with E-state index < -0.39 is 5.92 Å². The molecule has 0 fully saturated rings. The largest absolute Gasteiger partial charge is 0.456 e. The van der Waals surface area contributed by atoms with E-state index in [2.05, 4.69) is 36.4 Å². The van der Waals surface area contributed by atoms with E-state index in [4.69, 9.17) is 71.6 Å². The first-order valence-electron chi connectivity index (χ1n) is 17.8. The zero-order valence-corrected chi connectivity index (χ0v) is 29.5. The van der Waals surface area contributed by atoms with Gasteiger partial charge in [-0.1, -0.05) is 102 Å². The van der Waals surface area contributed by atoms with Crippen LogP contribution in [0.25, 0.3) is 88.0 Å². The summed E-state index contributed by atoms with van der Waals surface area (Å²) in [6, 6.07) is 38.5. The molecule has 0 aliphatic heterocycles. The summed E-state index contributed by atoms with van der Waals surface area (Å²) in [6.07, 6.45) is 0. The molecule has 0 amide bonds. The average molecular weight is 679 g/mol. The smallest absolute Gasteiger partial charge is 0.143 e. The molecule has 2 aromatic heterocycles. The molecule has 9 aromatic rings. The van der Waals surface area contributed by atoms with Crippen LogP contribution < -0.4 is 21.9 Å². The van der Waals surface area contributed by atoms with E-state index in [0.29, 0.717) is 32.9 Å². The first kappa shape index (κ1) is 33.9. The minimum absolute atomic E-state index is 0.165. The van der Waals surface area contributed by atoms with Gasteiger partial charge in [-0.25, -0.2) is 0 Å². The number of allylic oxidation sites excluding steroid dienone is 4. The SMILES string of the molecule is [B]C1=C([B])C(c2c3ccccc3c(-c3cccc4oc5c(-c6ccc7oc(-c8ccccc8)cc7c6)cccc5c34)c3c([B])c([B])c([B])c([B])c23)C([B])=C1[B]. The number of fused-ring (bicyclic) bond motifs is 6. The highest BCUT2D eigenvalue weighted by molar-refractivity contribution is 6.67. The van der Waals surface area contributed by atoms with Crippen LogP contribution in [-0.4, -0.2) is 62.8 Å². The number of hydrogen-bond acceptors (Lipinski definition) is 2. The van der Waals surface area contributed by atoms with Crippen LogP contribution in [0.2, 0.25) is 0 Å². The molecule has 16 radical (unpaired) electrons. The van der Waals surface area contributed by atoms with Gasteiger partial charge in [0.1, 0.15) is 85.3 Å². The molecule has 0 N–H and O–H groups in total. The van der Waals surface area contributed by atoms with Crippen LogP contribution in [0.5, 0.6) is 0 Å². The lowest BCUT2D eigenvalue weighted by Gasteiger charge is -2.29. The summed E-state index contributed by atoms with van der Waals surface area (Å²) < 4.78 is 13.0. The molecule has 1 aliphatic carbocycles. The van der Waals surface area contributed by atoms with Crippen molar-refractivity contribution in [3.63, 3.8) is 0 Å². The van der Waals surface area contributed by atoms with Gasteiger partial charge >= 0.3 is 0 Å². The highest BCUT2D eigenvalue weighted by Gasteiger charge is 2.31. The minimum atomic E-state index is -0.685. The maximum atomic E-state index is 7.00. The van der Waals surface area contributed by atoms with Gasteiger partial charge in [-0.2, -0.15) is 0 Å². The van der Waals surface area contributed by atoms with E-state index >= 15 is 0 Å². The topological polar surface area (TPSA) is 26.3 Å². The van der Waals surface area contributed by atoms with Crippen LogP contribution in [0.3, 0.4) is 0 Å². The van der Waals surface area contributed by atoms with Crippen molar-refractivity contribution in [2.75, 3.05) is 0 Å². The Kier molecular flexibility index (Phi) is 7.69. The quantitative estimate of drug-likeness (QED) is 0.169. The van der Waals surface area contributed by atoms with Crippen molar-refractivity contribution < 1.29 is 8.83 Å². The van der Waals surface area contributed by atoms with E-state index in [1.165, 1.54) is 0 Å². The van der Waals surface area contributed by atoms with E-state index in [1.807, 2.05) is 78.9 Å². The number of hydrogen-bond donors (Lipinski definition) is 0. The maximum Gasteiger partial charge on any atom is 0.143 e. The fourth-order valence-electron chi connectivity index (χ4n) is 8.49. The lowest BCUT2D eigenvalue weighted by molar-refractivity contribution is 0.631. The Morgan fingerprint density at radius 3 is 1.82 bits per heavy atom. The maximum absolute atomic E-state index is 7.00. The Hall–Kier alpha value is -5.60. The van der Waals surface area contributed by atoms with Gasteiger partial charge in [0, 0.05) is 33.2 Å². The molecule has 0 saturated heterocycles. The van der Waals surface area contributed by atoms with E-state index in [1.54, 1.807) is 0 Å². The van der Waals surface area contributed by atoms with Crippen LogP contribution >= 0.6 is 0 Å². The molecular formula is C45H20B8O2. The highest BCUT2D eigenvalue weighted by atomic mass is 16.3. The second-order valence-electron chi connectivity index (χ2n) is 14.1. The predicted octanol–water partition coefficient (Wildman–Crippen LogP) is 6.01. The van der Waals surface area contributed by atoms with Gasteiger partial charge in [-0.15, -0.1) is 32.8 Å². The van der Waals surface area contributed by atoms with Crippen molar-refractivity contribution in [2.24, 2.45) is 0 Å². The Morgan fingerprint density at radius 2 is 1.07 bits per heavy atom. The summed E-state index contributed by atoms with van der Waals surface area (Å²) in [7, 11) is 53.2. The summed E-state index contributed by atoms with van der Waals surface area (Å²) in [4.78, 5) is 0. The Balaban J connectivity index is 1.27. The molecule has 7 aromatic carbocycles.